The van der Waals surface area contributed by atoms with Gasteiger partial charge in [-0.15, -0.1) is 0 Å². The predicted molar refractivity (Wildman–Crippen MR) is 78.6 cm³/mol. The van der Waals surface area contributed by atoms with Crippen LogP contribution in [0.2, 0.25) is 5.02 Å². The van der Waals surface area contributed by atoms with Gasteiger partial charge in [-0.05, 0) is 38.1 Å². The highest BCUT2D eigenvalue weighted by Crippen LogP contribution is 2.21. The predicted octanol–water partition coefficient (Wildman–Crippen LogP) is 3.08. The van der Waals surface area contributed by atoms with Gasteiger partial charge in [0.15, 0.2) is 0 Å². The maximum absolute atomic E-state index is 13.5. The summed E-state index contributed by atoms with van der Waals surface area (Å²) >= 11 is 5.78. The van der Waals surface area contributed by atoms with Crippen molar-refractivity contribution in [3.63, 3.8) is 0 Å². The van der Waals surface area contributed by atoms with Gasteiger partial charge in [0.2, 0.25) is 0 Å². The van der Waals surface area contributed by atoms with Crippen LogP contribution in [-0.2, 0) is 0 Å². The topological polar surface area (TPSA) is 32.3 Å². The van der Waals surface area contributed by atoms with E-state index in [4.69, 9.17) is 11.6 Å². The van der Waals surface area contributed by atoms with Gasteiger partial charge in [-0.3, -0.25) is 4.79 Å². The van der Waals surface area contributed by atoms with Crippen molar-refractivity contribution in [1.29, 1.82) is 0 Å². The molecule has 0 unspecified atom stereocenters. The summed E-state index contributed by atoms with van der Waals surface area (Å²) in [6.07, 6.45) is 5.03. The van der Waals surface area contributed by atoms with E-state index in [1.807, 2.05) is 0 Å². The molecule has 3 nitrogen and oxygen atoms in total. The number of carbonyl (C=O) groups is 1. The Morgan fingerprint density at radius 3 is 2.85 bits per heavy atom. The molecule has 0 aliphatic heterocycles. The molecule has 1 aromatic rings. The molecule has 0 heterocycles. The minimum absolute atomic E-state index is 0.000944. The summed E-state index contributed by atoms with van der Waals surface area (Å²) in [6.45, 7) is 1.29. The van der Waals surface area contributed by atoms with E-state index in [0.717, 1.165) is 6.54 Å². The summed E-state index contributed by atoms with van der Waals surface area (Å²) in [5, 5.41) is 3.10. The van der Waals surface area contributed by atoms with Crippen molar-refractivity contribution in [2.75, 3.05) is 20.1 Å². The molecule has 1 aromatic carbocycles. The molecule has 0 bridgehead atoms. The van der Waals surface area contributed by atoms with Crippen LogP contribution in [0.3, 0.4) is 0 Å². The highest BCUT2D eigenvalue weighted by Gasteiger charge is 2.19. The number of halogens is 2. The largest absolute Gasteiger partial charge is 0.351 e. The van der Waals surface area contributed by atoms with Crippen LogP contribution in [0.4, 0.5) is 4.39 Å². The van der Waals surface area contributed by atoms with Gasteiger partial charge in [-0.25, -0.2) is 4.39 Å². The lowest BCUT2D eigenvalue weighted by atomic mass is 10.2. The summed E-state index contributed by atoms with van der Waals surface area (Å²) in [5.74, 6) is -0.958. The van der Waals surface area contributed by atoms with Crippen LogP contribution in [0.15, 0.2) is 18.2 Å². The Morgan fingerprint density at radius 1 is 1.45 bits per heavy atom. The molecular weight excluding hydrogens is 279 g/mol. The molecule has 110 valence electrons. The Kier molecular flexibility index (Phi) is 5.38. The number of benzene rings is 1. The van der Waals surface area contributed by atoms with Crippen molar-refractivity contribution in [3.05, 3.63) is 34.6 Å². The Bertz CT molecular complexity index is 475. The third-order valence-electron chi connectivity index (χ3n) is 3.87. The Hall–Kier alpha value is -1.13. The van der Waals surface area contributed by atoms with Crippen LogP contribution in [0.25, 0.3) is 0 Å². The van der Waals surface area contributed by atoms with Crippen LogP contribution in [0.1, 0.15) is 36.0 Å². The van der Waals surface area contributed by atoms with Crippen molar-refractivity contribution < 1.29 is 9.18 Å². The van der Waals surface area contributed by atoms with Gasteiger partial charge in [0.1, 0.15) is 5.82 Å². The summed E-state index contributed by atoms with van der Waals surface area (Å²) in [7, 11) is 2.07. The van der Waals surface area contributed by atoms with Crippen LogP contribution < -0.4 is 5.32 Å². The molecule has 0 aromatic heterocycles. The van der Waals surface area contributed by atoms with E-state index in [1.54, 1.807) is 0 Å². The second-order valence-corrected chi connectivity index (χ2v) is 5.74. The highest BCUT2D eigenvalue weighted by molar-refractivity contribution is 6.30. The molecule has 1 fully saturated rings. The first-order valence-electron chi connectivity index (χ1n) is 7.01. The maximum atomic E-state index is 13.5. The number of nitrogens with zero attached hydrogens (tertiary/aromatic N) is 1. The number of likely N-dealkylation sites (N-methyl/N-ethyl adjacent to an activating group) is 1. The second kappa shape index (κ2) is 7.04. The van der Waals surface area contributed by atoms with E-state index in [2.05, 4.69) is 17.3 Å². The molecule has 1 N–H and O–H groups in total. The fraction of sp³-hybridized carbons (Fsp3) is 0.533. The third-order valence-corrected chi connectivity index (χ3v) is 4.11. The van der Waals surface area contributed by atoms with Crippen molar-refractivity contribution >= 4 is 17.5 Å². The van der Waals surface area contributed by atoms with Gasteiger partial charge < -0.3 is 10.2 Å². The second-order valence-electron chi connectivity index (χ2n) is 5.30. The molecule has 1 aliphatic rings. The minimum Gasteiger partial charge on any atom is -0.351 e. The van der Waals surface area contributed by atoms with Gasteiger partial charge in [-0.1, -0.05) is 24.4 Å². The zero-order valence-corrected chi connectivity index (χ0v) is 12.4. The Labute approximate surface area is 124 Å². The molecule has 0 saturated heterocycles. The smallest absolute Gasteiger partial charge is 0.254 e. The molecule has 5 heteroatoms. The normalized spacial score (nSPS) is 15.8. The Morgan fingerprint density at radius 2 is 2.15 bits per heavy atom. The quantitative estimate of drug-likeness (QED) is 0.906. The SMILES string of the molecule is CN(CCNC(=O)c1cc(Cl)ccc1F)C1CCCC1. The van der Waals surface area contributed by atoms with E-state index < -0.39 is 11.7 Å². The van der Waals surface area contributed by atoms with E-state index in [0.29, 0.717) is 17.6 Å². The number of nitrogens with one attached hydrogen (secondary N) is 1. The van der Waals surface area contributed by atoms with Crippen LogP contribution in [-0.4, -0.2) is 37.0 Å². The highest BCUT2D eigenvalue weighted by atomic mass is 35.5. The molecule has 0 radical (unpaired) electrons. The van der Waals surface area contributed by atoms with E-state index in [9.17, 15) is 9.18 Å². The van der Waals surface area contributed by atoms with E-state index >= 15 is 0 Å². The van der Waals surface area contributed by atoms with Gasteiger partial charge in [0.05, 0.1) is 5.56 Å². The first-order valence-corrected chi connectivity index (χ1v) is 7.39. The minimum atomic E-state index is -0.545. The average molecular weight is 299 g/mol. The van der Waals surface area contributed by atoms with Gasteiger partial charge in [0, 0.05) is 24.2 Å². The monoisotopic (exact) mass is 298 g/mol. The summed E-state index contributed by atoms with van der Waals surface area (Å²) in [5.41, 5.74) is 0.000944. The third kappa shape index (κ3) is 3.93. The molecule has 1 aliphatic carbocycles. The lowest BCUT2D eigenvalue weighted by molar-refractivity contribution is 0.0943. The molecule has 2 rings (SSSR count). The summed E-state index contributed by atoms with van der Waals surface area (Å²) in [4.78, 5) is 14.2. The van der Waals surface area contributed by atoms with E-state index in [1.165, 1.54) is 43.9 Å². The van der Waals surface area contributed by atoms with Crippen molar-refractivity contribution in [2.24, 2.45) is 0 Å². The maximum Gasteiger partial charge on any atom is 0.254 e. The number of rotatable bonds is 5. The van der Waals surface area contributed by atoms with Crippen molar-refractivity contribution in [2.45, 2.75) is 31.7 Å². The van der Waals surface area contributed by atoms with E-state index in [-0.39, 0.29) is 5.56 Å². The molecule has 1 amide bonds. The number of carbonyl (C=O) groups excluding carboxylic acids is 1. The lowest BCUT2D eigenvalue weighted by Crippen LogP contribution is -2.37. The van der Waals surface area contributed by atoms with Crippen LogP contribution in [0, 0.1) is 5.82 Å². The standard InChI is InChI=1S/C15H20ClFN2O/c1-19(12-4-2-3-5-12)9-8-18-15(20)13-10-11(16)6-7-14(13)17/h6-7,10,12H,2-5,8-9H2,1H3,(H,18,20). The van der Waals surface area contributed by atoms with Crippen molar-refractivity contribution in [1.82, 2.24) is 10.2 Å². The summed E-state index contributed by atoms with van der Waals surface area (Å²) in [6, 6.07) is 4.62. The first kappa shape index (κ1) is 15.3. The zero-order valence-electron chi connectivity index (χ0n) is 11.7. The molecule has 1 saturated carbocycles. The van der Waals surface area contributed by atoms with Crippen LogP contribution >= 0.6 is 11.6 Å². The van der Waals surface area contributed by atoms with Gasteiger partial charge in [0.25, 0.3) is 5.91 Å². The van der Waals surface area contributed by atoms with Crippen molar-refractivity contribution in [3.8, 4) is 0 Å². The van der Waals surface area contributed by atoms with Gasteiger partial charge in [-0.2, -0.15) is 0 Å². The number of hydrogen-bond donors (Lipinski definition) is 1. The molecule has 0 atom stereocenters. The number of amides is 1. The summed E-state index contributed by atoms with van der Waals surface area (Å²) < 4.78 is 13.5. The van der Waals surface area contributed by atoms with Crippen LogP contribution in [0.5, 0.6) is 0 Å². The average Bonchev–Trinajstić information content (AvgIpc) is 2.95. The fourth-order valence-corrected chi connectivity index (χ4v) is 2.81. The molecule has 20 heavy (non-hydrogen) atoms. The Balaban J connectivity index is 1.81. The first-order chi connectivity index (χ1) is 9.58. The molecule has 0 spiro atoms. The number of hydrogen-bond acceptors (Lipinski definition) is 2. The van der Waals surface area contributed by atoms with Gasteiger partial charge >= 0.3 is 0 Å². The fourth-order valence-electron chi connectivity index (χ4n) is 2.64. The lowest BCUT2D eigenvalue weighted by Gasteiger charge is -2.23. The zero-order chi connectivity index (χ0) is 14.5. The molecular formula is C15H20ClFN2O.